The van der Waals surface area contributed by atoms with Crippen molar-refractivity contribution < 1.29 is 13.9 Å². The number of hydrogen-bond donors (Lipinski definition) is 1. The molecule has 1 aromatic carbocycles. The molecule has 0 aliphatic carbocycles. The molecule has 3 nitrogen and oxygen atoms in total. The molecule has 0 radical (unpaired) electrons. The van der Waals surface area contributed by atoms with E-state index in [2.05, 4.69) is 5.32 Å². The zero-order valence-corrected chi connectivity index (χ0v) is 11.3. The lowest BCUT2D eigenvalue weighted by atomic mass is 10.2. The van der Waals surface area contributed by atoms with E-state index >= 15 is 0 Å². The Morgan fingerprint density at radius 1 is 1.22 bits per heavy atom. The molecular formula is C14H22FNO2. The first kappa shape index (κ1) is 14.9. The number of rotatable bonds is 8. The van der Waals surface area contributed by atoms with E-state index in [1.54, 1.807) is 6.07 Å². The zero-order valence-electron chi connectivity index (χ0n) is 11.3. The fourth-order valence-electron chi connectivity index (χ4n) is 1.74. The zero-order chi connectivity index (χ0) is 13.4. The van der Waals surface area contributed by atoms with Crippen molar-refractivity contribution in [1.82, 2.24) is 0 Å². The van der Waals surface area contributed by atoms with Crippen molar-refractivity contribution in [2.45, 2.75) is 33.5 Å². The first-order chi connectivity index (χ1) is 8.67. The summed E-state index contributed by atoms with van der Waals surface area (Å²) in [5, 5.41) is 3.26. The summed E-state index contributed by atoms with van der Waals surface area (Å²) < 4.78 is 23.8. The Hall–Kier alpha value is -1.13. The largest absolute Gasteiger partial charge is 0.385 e. The molecule has 0 amide bonds. The number of nitrogens with one attached hydrogen (secondary N) is 1. The quantitative estimate of drug-likeness (QED) is 0.723. The lowest BCUT2D eigenvalue weighted by Crippen LogP contribution is -2.21. The van der Waals surface area contributed by atoms with Crippen molar-refractivity contribution in [3.8, 4) is 0 Å². The Kier molecular flexibility index (Phi) is 6.68. The smallest absolute Gasteiger partial charge is 0.159 e. The summed E-state index contributed by atoms with van der Waals surface area (Å²) in [7, 11) is 0. The van der Waals surface area contributed by atoms with Crippen molar-refractivity contribution in [1.29, 1.82) is 0 Å². The van der Waals surface area contributed by atoms with Crippen LogP contribution in [0.4, 0.5) is 10.1 Å². The van der Waals surface area contributed by atoms with Gasteiger partial charge in [-0.2, -0.15) is 0 Å². The van der Waals surface area contributed by atoms with Gasteiger partial charge in [-0.1, -0.05) is 0 Å². The monoisotopic (exact) mass is 255 g/mol. The minimum absolute atomic E-state index is 0.173. The lowest BCUT2D eigenvalue weighted by Gasteiger charge is -2.17. The summed E-state index contributed by atoms with van der Waals surface area (Å²) in [6.45, 7) is 7.79. The minimum Gasteiger partial charge on any atom is -0.385 e. The molecule has 102 valence electrons. The van der Waals surface area contributed by atoms with E-state index < -0.39 is 0 Å². The van der Waals surface area contributed by atoms with Gasteiger partial charge in [-0.25, -0.2) is 4.39 Å². The molecule has 0 aliphatic rings. The van der Waals surface area contributed by atoms with Crippen LogP contribution in [0, 0.1) is 12.7 Å². The maximum atomic E-state index is 12.9. The summed E-state index contributed by atoms with van der Waals surface area (Å²) in [5.74, 6) is -0.209. The summed E-state index contributed by atoms with van der Waals surface area (Å²) in [4.78, 5) is 0. The number of halogens is 1. The summed E-state index contributed by atoms with van der Waals surface area (Å²) in [5.41, 5.74) is 1.85. The van der Waals surface area contributed by atoms with Crippen molar-refractivity contribution in [2.24, 2.45) is 0 Å². The second kappa shape index (κ2) is 8.06. The molecule has 1 aromatic rings. The summed E-state index contributed by atoms with van der Waals surface area (Å²) in [6.07, 6.45) is 0.589. The van der Waals surface area contributed by atoms with Crippen molar-refractivity contribution in [3.05, 3.63) is 29.6 Å². The molecular weight excluding hydrogens is 233 g/mol. The van der Waals surface area contributed by atoms with Gasteiger partial charge in [0.25, 0.3) is 0 Å². The van der Waals surface area contributed by atoms with E-state index in [-0.39, 0.29) is 12.1 Å². The molecule has 0 aliphatic heterocycles. The Bertz CT molecular complexity index is 352. The van der Waals surface area contributed by atoms with Crippen LogP contribution in [0.3, 0.4) is 0 Å². The average molecular weight is 255 g/mol. The molecule has 0 atom stereocenters. The van der Waals surface area contributed by atoms with Crippen LogP contribution >= 0.6 is 0 Å². The Balaban J connectivity index is 2.39. The van der Waals surface area contributed by atoms with Crippen LogP contribution in [0.5, 0.6) is 0 Å². The van der Waals surface area contributed by atoms with Crippen LogP contribution in [0.2, 0.25) is 0 Å². The van der Waals surface area contributed by atoms with Gasteiger partial charge in [0.1, 0.15) is 5.82 Å². The van der Waals surface area contributed by atoms with Crippen LogP contribution in [-0.4, -0.2) is 26.0 Å². The molecule has 1 rings (SSSR count). The van der Waals surface area contributed by atoms with Gasteiger partial charge in [0.2, 0.25) is 0 Å². The van der Waals surface area contributed by atoms with Gasteiger partial charge in [-0.15, -0.1) is 0 Å². The third kappa shape index (κ3) is 5.02. The number of hydrogen-bond acceptors (Lipinski definition) is 3. The van der Waals surface area contributed by atoms with Crippen LogP contribution in [0.15, 0.2) is 18.2 Å². The Morgan fingerprint density at radius 2 is 1.89 bits per heavy atom. The molecule has 4 heteroatoms. The predicted octanol–water partition coefficient (Wildman–Crippen LogP) is 3.34. The Labute approximate surface area is 108 Å². The minimum atomic E-state index is -0.209. The molecule has 0 aromatic heterocycles. The van der Waals surface area contributed by atoms with Gasteiger partial charge < -0.3 is 14.8 Å². The van der Waals surface area contributed by atoms with Crippen molar-refractivity contribution in [3.63, 3.8) is 0 Å². The van der Waals surface area contributed by atoms with Crippen molar-refractivity contribution >= 4 is 5.69 Å². The third-order valence-corrected chi connectivity index (χ3v) is 2.59. The second-order valence-corrected chi connectivity index (χ2v) is 4.01. The van der Waals surface area contributed by atoms with E-state index in [4.69, 9.17) is 9.47 Å². The van der Waals surface area contributed by atoms with E-state index in [0.29, 0.717) is 13.2 Å². The summed E-state index contributed by atoms with van der Waals surface area (Å²) in [6, 6.07) is 4.73. The molecule has 0 unspecified atom stereocenters. The highest BCUT2D eigenvalue weighted by Crippen LogP contribution is 2.15. The number of benzene rings is 1. The number of ether oxygens (including phenoxy) is 2. The molecule has 0 fully saturated rings. The first-order valence-corrected chi connectivity index (χ1v) is 6.40. The third-order valence-electron chi connectivity index (χ3n) is 2.59. The molecule has 1 N–H and O–H groups in total. The van der Waals surface area contributed by atoms with Gasteiger partial charge in [-0.3, -0.25) is 0 Å². The van der Waals surface area contributed by atoms with Crippen LogP contribution in [0.25, 0.3) is 0 Å². The number of aryl methyl sites for hydroxylation is 1. The average Bonchev–Trinajstić information content (AvgIpc) is 2.32. The summed E-state index contributed by atoms with van der Waals surface area (Å²) >= 11 is 0. The standard InChI is InChI=1S/C14H22FNO2/c1-4-17-14(18-5-2)8-9-16-13-7-6-12(15)10-11(13)3/h6-7,10,14,16H,4-5,8-9H2,1-3H3. The maximum Gasteiger partial charge on any atom is 0.159 e. The van der Waals surface area contributed by atoms with Crippen LogP contribution in [0.1, 0.15) is 25.8 Å². The predicted molar refractivity (Wildman–Crippen MR) is 71.3 cm³/mol. The highest BCUT2D eigenvalue weighted by molar-refractivity contribution is 5.50. The van der Waals surface area contributed by atoms with Gasteiger partial charge in [0, 0.05) is 31.9 Å². The van der Waals surface area contributed by atoms with Crippen molar-refractivity contribution in [2.75, 3.05) is 25.1 Å². The van der Waals surface area contributed by atoms with E-state index in [9.17, 15) is 4.39 Å². The fraction of sp³-hybridized carbons (Fsp3) is 0.571. The molecule has 0 bridgehead atoms. The highest BCUT2D eigenvalue weighted by atomic mass is 19.1. The first-order valence-electron chi connectivity index (χ1n) is 6.40. The molecule has 0 spiro atoms. The van der Waals surface area contributed by atoms with E-state index in [0.717, 1.165) is 24.2 Å². The van der Waals surface area contributed by atoms with E-state index in [1.165, 1.54) is 12.1 Å². The molecule has 0 heterocycles. The maximum absolute atomic E-state index is 12.9. The fourth-order valence-corrected chi connectivity index (χ4v) is 1.74. The topological polar surface area (TPSA) is 30.5 Å². The molecule has 18 heavy (non-hydrogen) atoms. The lowest BCUT2D eigenvalue weighted by molar-refractivity contribution is -0.137. The van der Waals surface area contributed by atoms with Gasteiger partial charge in [0.05, 0.1) is 0 Å². The Morgan fingerprint density at radius 3 is 2.44 bits per heavy atom. The number of anilines is 1. The SMILES string of the molecule is CCOC(CCNc1ccc(F)cc1C)OCC. The highest BCUT2D eigenvalue weighted by Gasteiger charge is 2.07. The van der Waals surface area contributed by atoms with Gasteiger partial charge in [0.15, 0.2) is 6.29 Å². The molecule has 0 saturated heterocycles. The van der Waals surface area contributed by atoms with Gasteiger partial charge >= 0.3 is 0 Å². The normalized spacial score (nSPS) is 10.9. The van der Waals surface area contributed by atoms with Crippen LogP contribution < -0.4 is 5.32 Å². The van der Waals surface area contributed by atoms with Gasteiger partial charge in [-0.05, 0) is 44.5 Å². The molecule has 0 saturated carbocycles. The second-order valence-electron chi connectivity index (χ2n) is 4.01. The van der Waals surface area contributed by atoms with Crippen LogP contribution in [-0.2, 0) is 9.47 Å². The van der Waals surface area contributed by atoms with E-state index in [1.807, 2.05) is 20.8 Å².